The number of thiophene rings is 1. The highest BCUT2D eigenvalue weighted by atomic mass is 32.1. The van der Waals surface area contributed by atoms with Gasteiger partial charge in [-0.1, -0.05) is 18.2 Å². The molecule has 1 saturated heterocycles. The number of amides is 2. The Labute approximate surface area is 170 Å². The lowest BCUT2D eigenvalue weighted by Gasteiger charge is -2.49. The van der Waals surface area contributed by atoms with Gasteiger partial charge in [0.05, 0.1) is 10.9 Å². The number of hydrogen-bond acceptors (Lipinski definition) is 5. The molecule has 0 saturated carbocycles. The maximum Gasteiger partial charge on any atom is 0.437 e. The van der Waals surface area contributed by atoms with Gasteiger partial charge >= 0.3 is 18.8 Å². The van der Waals surface area contributed by atoms with Gasteiger partial charge < -0.3 is 15.2 Å². The molecule has 3 atom stereocenters. The molecule has 12 heteroatoms. The summed E-state index contributed by atoms with van der Waals surface area (Å²) in [5.41, 5.74) is -3.81. The number of Topliss-reactive ketones (excluding diaryl/α,β-unsaturated/α-hetero) is 1. The maximum absolute atomic E-state index is 14.0. The standard InChI is InChI=1S/C18H15F5N2O4S/c1-25-16(27)24-13(9-4-6-10(7-5-9)29-15(19)20)12(17(25,28)18(21,22)23)14(26)11-3-2-8-30-11/h2-8,12-13,15,28H,1H3,(H,24,27)/t12-,13-,17+/m1/s1. The molecular weight excluding hydrogens is 435 g/mol. The van der Waals surface area contributed by atoms with Crippen LogP contribution in [0.5, 0.6) is 5.75 Å². The molecule has 2 aromatic rings. The van der Waals surface area contributed by atoms with E-state index in [1.165, 1.54) is 17.5 Å². The lowest BCUT2D eigenvalue weighted by atomic mass is 9.78. The lowest BCUT2D eigenvalue weighted by Crippen LogP contribution is -2.72. The number of alkyl halides is 5. The minimum Gasteiger partial charge on any atom is -0.435 e. The predicted molar refractivity (Wildman–Crippen MR) is 95.3 cm³/mol. The van der Waals surface area contributed by atoms with Crippen LogP contribution < -0.4 is 10.1 Å². The van der Waals surface area contributed by atoms with Gasteiger partial charge in [0, 0.05) is 7.05 Å². The number of halogens is 5. The number of carbonyl (C=O) groups is 2. The minimum atomic E-state index is -5.37. The number of nitrogens with one attached hydrogen (secondary N) is 1. The van der Waals surface area contributed by atoms with Crippen LogP contribution in [0.15, 0.2) is 41.8 Å². The fourth-order valence-corrected chi connectivity index (χ4v) is 4.02. The van der Waals surface area contributed by atoms with Gasteiger partial charge in [0.15, 0.2) is 5.78 Å². The number of urea groups is 1. The van der Waals surface area contributed by atoms with Crippen LogP contribution in [-0.2, 0) is 0 Å². The van der Waals surface area contributed by atoms with Gasteiger partial charge in [0.1, 0.15) is 11.7 Å². The first-order valence-electron chi connectivity index (χ1n) is 8.42. The molecule has 1 aromatic carbocycles. The second-order valence-corrected chi connectivity index (χ2v) is 7.42. The zero-order valence-electron chi connectivity index (χ0n) is 15.2. The molecular formula is C18H15F5N2O4S. The molecule has 2 amide bonds. The van der Waals surface area contributed by atoms with Crippen molar-refractivity contribution in [3.63, 3.8) is 0 Å². The Morgan fingerprint density at radius 1 is 1.27 bits per heavy atom. The minimum absolute atomic E-state index is 0.00403. The van der Waals surface area contributed by atoms with Crippen molar-refractivity contribution in [1.29, 1.82) is 0 Å². The maximum atomic E-state index is 14.0. The van der Waals surface area contributed by atoms with Crippen LogP contribution in [0, 0.1) is 5.92 Å². The summed E-state index contributed by atoms with van der Waals surface area (Å²) in [6.45, 7) is -3.11. The van der Waals surface area contributed by atoms with Crippen LogP contribution in [-0.4, -0.2) is 47.4 Å². The van der Waals surface area contributed by atoms with E-state index in [9.17, 15) is 36.6 Å². The number of ether oxygens (including phenoxy) is 1. The SMILES string of the molecule is CN1C(=O)N[C@H](c2ccc(OC(F)F)cc2)[C@H](C(=O)c2cccs2)[C@]1(O)C(F)(F)F. The third kappa shape index (κ3) is 3.72. The molecule has 1 aliphatic heterocycles. The normalized spacial score (nSPS) is 24.7. The first-order chi connectivity index (χ1) is 14.0. The number of carbonyl (C=O) groups excluding carboxylic acids is 2. The summed E-state index contributed by atoms with van der Waals surface area (Å²) in [4.78, 5) is 25.2. The fraction of sp³-hybridized carbons (Fsp3) is 0.333. The summed E-state index contributed by atoms with van der Waals surface area (Å²) < 4.78 is 70.8. The Morgan fingerprint density at radius 2 is 1.90 bits per heavy atom. The largest absolute Gasteiger partial charge is 0.437 e. The van der Waals surface area contributed by atoms with Crippen LogP contribution >= 0.6 is 11.3 Å². The van der Waals surface area contributed by atoms with Gasteiger partial charge in [-0.3, -0.25) is 9.69 Å². The van der Waals surface area contributed by atoms with Crippen molar-refractivity contribution in [3.8, 4) is 5.75 Å². The highest BCUT2D eigenvalue weighted by molar-refractivity contribution is 7.12. The summed E-state index contributed by atoms with van der Waals surface area (Å²) in [6, 6.07) is 4.31. The smallest absolute Gasteiger partial charge is 0.435 e. The second kappa shape index (κ2) is 7.84. The molecule has 0 bridgehead atoms. The van der Waals surface area contributed by atoms with Crippen molar-refractivity contribution in [2.75, 3.05) is 7.05 Å². The average molecular weight is 450 g/mol. The molecule has 2 N–H and O–H groups in total. The zero-order chi connectivity index (χ0) is 22.3. The average Bonchev–Trinajstić information content (AvgIpc) is 3.19. The Bertz CT molecular complexity index is 920. The summed E-state index contributed by atoms with van der Waals surface area (Å²) in [5.74, 6) is -3.46. The highest BCUT2D eigenvalue weighted by Crippen LogP contribution is 2.48. The van der Waals surface area contributed by atoms with E-state index in [-0.39, 0.29) is 21.1 Å². The third-order valence-corrected chi connectivity index (χ3v) is 5.67. The van der Waals surface area contributed by atoms with E-state index in [4.69, 9.17) is 0 Å². The van der Waals surface area contributed by atoms with E-state index in [0.29, 0.717) is 0 Å². The molecule has 0 spiro atoms. The monoisotopic (exact) mass is 450 g/mol. The molecule has 0 unspecified atom stereocenters. The molecule has 0 radical (unpaired) electrons. The Balaban J connectivity index is 2.11. The molecule has 6 nitrogen and oxygen atoms in total. The van der Waals surface area contributed by atoms with Crippen LogP contribution in [0.25, 0.3) is 0 Å². The number of ketones is 1. The number of rotatable bonds is 5. The van der Waals surface area contributed by atoms with Crippen molar-refractivity contribution in [2.24, 2.45) is 5.92 Å². The van der Waals surface area contributed by atoms with E-state index < -0.39 is 42.3 Å². The number of nitrogens with zero attached hydrogens (tertiary/aromatic N) is 1. The van der Waals surface area contributed by atoms with E-state index in [1.807, 2.05) is 0 Å². The van der Waals surface area contributed by atoms with Crippen molar-refractivity contribution >= 4 is 23.2 Å². The van der Waals surface area contributed by atoms with Crippen molar-refractivity contribution in [1.82, 2.24) is 10.2 Å². The fourth-order valence-electron chi connectivity index (χ4n) is 3.31. The Hall–Kier alpha value is -2.73. The third-order valence-electron chi connectivity index (χ3n) is 4.79. The van der Waals surface area contributed by atoms with E-state index in [0.717, 1.165) is 42.6 Å². The summed E-state index contributed by atoms with van der Waals surface area (Å²) in [5, 5.41) is 14.4. The quantitative estimate of drug-likeness (QED) is 0.537. The molecule has 1 aliphatic rings. The predicted octanol–water partition coefficient (Wildman–Crippen LogP) is 3.80. The topological polar surface area (TPSA) is 78.9 Å². The first-order valence-corrected chi connectivity index (χ1v) is 9.30. The summed E-state index contributed by atoms with van der Waals surface area (Å²) in [6.07, 6.45) is -5.37. The molecule has 0 aliphatic carbocycles. The first kappa shape index (κ1) is 22.0. The second-order valence-electron chi connectivity index (χ2n) is 6.48. The Kier molecular flexibility index (Phi) is 5.74. The molecule has 30 heavy (non-hydrogen) atoms. The van der Waals surface area contributed by atoms with E-state index >= 15 is 0 Å². The van der Waals surface area contributed by atoms with Crippen LogP contribution in [0.3, 0.4) is 0 Å². The number of aliphatic hydroxyl groups is 1. The number of benzene rings is 1. The van der Waals surface area contributed by atoms with Crippen molar-refractivity contribution in [3.05, 3.63) is 52.2 Å². The van der Waals surface area contributed by atoms with Crippen LogP contribution in [0.1, 0.15) is 21.3 Å². The van der Waals surface area contributed by atoms with Gasteiger partial charge in [-0.2, -0.15) is 22.0 Å². The van der Waals surface area contributed by atoms with Crippen LogP contribution in [0.4, 0.5) is 26.7 Å². The molecule has 3 rings (SSSR count). The molecule has 1 aromatic heterocycles. The molecule has 162 valence electrons. The van der Waals surface area contributed by atoms with E-state index in [1.54, 1.807) is 0 Å². The Morgan fingerprint density at radius 3 is 2.40 bits per heavy atom. The van der Waals surface area contributed by atoms with Crippen molar-refractivity contribution in [2.45, 2.75) is 24.6 Å². The van der Waals surface area contributed by atoms with Crippen molar-refractivity contribution < 1.29 is 41.4 Å². The van der Waals surface area contributed by atoms with Gasteiger partial charge in [-0.25, -0.2) is 4.79 Å². The number of hydrogen-bond donors (Lipinski definition) is 2. The van der Waals surface area contributed by atoms with Gasteiger partial charge in [0.25, 0.3) is 5.72 Å². The molecule has 2 heterocycles. The summed E-state index contributed by atoms with van der Waals surface area (Å²) in [7, 11) is 0.729. The van der Waals surface area contributed by atoms with Crippen LogP contribution in [0.2, 0.25) is 0 Å². The zero-order valence-corrected chi connectivity index (χ0v) is 16.0. The summed E-state index contributed by atoms with van der Waals surface area (Å²) >= 11 is 0.882. The van der Waals surface area contributed by atoms with E-state index in [2.05, 4.69) is 10.1 Å². The highest BCUT2D eigenvalue weighted by Gasteiger charge is 2.69. The lowest BCUT2D eigenvalue weighted by molar-refractivity contribution is -0.322. The van der Waals surface area contributed by atoms with Gasteiger partial charge in [-0.05, 0) is 29.1 Å². The van der Waals surface area contributed by atoms with Gasteiger partial charge in [-0.15, -0.1) is 11.3 Å². The van der Waals surface area contributed by atoms with Gasteiger partial charge in [0.2, 0.25) is 0 Å². The molecule has 1 fully saturated rings.